The van der Waals surface area contributed by atoms with Gasteiger partial charge in [0.1, 0.15) is 6.07 Å². The number of nitriles is 1. The lowest BCUT2D eigenvalue weighted by molar-refractivity contribution is -0.161. The van der Waals surface area contributed by atoms with E-state index in [1.807, 2.05) is 26.0 Å². The summed E-state index contributed by atoms with van der Waals surface area (Å²) in [6, 6.07) is 2.21. The van der Waals surface area contributed by atoms with Crippen molar-refractivity contribution in [3.8, 4) is 6.07 Å². The van der Waals surface area contributed by atoms with Crippen LogP contribution in [0.25, 0.3) is 0 Å². The molecule has 3 saturated carbocycles. The summed E-state index contributed by atoms with van der Waals surface area (Å²) < 4.78 is 6.42. The molecule has 0 saturated heterocycles. The van der Waals surface area contributed by atoms with E-state index < -0.39 is 10.8 Å². The van der Waals surface area contributed by atoms with E-state index in [0.29, 0.717) is 5.89 Å². The Hall–Kier alpha value is -2.55. The molecule has 1 heterocycles. The molecule has 7 atom stereocenters. The fraction of sp³-hybridized carbons (Fsp3) is 0.743. The van der Waals surface area contributed by atoms with Crippen LogP contribution in [-0.2, 0) is 15.0 Å². The maximum atomic E-state index is 14.7. The first-order chi connectivity index (χ1) is 19.0. The summed E-state index contributed by atoms with van der Waals surface area (Å²) in [4.78, 5) is 28.0. The van der Waals surface area contributed by atoms with E-state index in [1.54, 1.807) is 0 Å². The molecule has 5 aliphatic rings. The van der Waals surface area contributed by atoms with Crippen molar-refractivity contribution in [2.24, 2.45) is 44.8 Å². The molecular formula is C35H47N3O3. The van der Waals surface area contributed by atoms with Crippen molar-refractivity contribution in [1.29, 1.82) is 5.26 Å². The van der Waals surface area contributed by atoms with Gasteiger partial charge in [-0.3, -0.25) is 9.59 Å². The molecule has 5 aliphatic carbocycles. The molecule has 6 rings (SSSR count). The molecular weight excluding hydrogens is 510 g/mol. The van der Waals surface area contributed by atoms with Crippen molar-refractivity contribution in [2.75, 3.05) is 0 Å². The fourth-order valence-electron chi connectivity index (χ4n) is 10.7. The van der Waals surface area contributed by atoms with Crippen molar-refractivity contribution < 1.29 is 14.0 Å². The zero-order valence-electron chi connectivity index (χ0n) is 26.5. The number of carbonyl (C=O) groups is 2. The number of aromatic nitrogens is 2. The van der Waals surface area contributed by atoms with Crippen LogP contribution in [0, 0.1) is 56.2 Å². The van der Waals surface area contributed by atoms with E-state index in [4.69, 9.17) is 4.42 Å². The summed E-state index contributed by atoms with van der Waals surface area (Å²) in [5.41, 5.74) is -0.427. The van der Waals surface area contributed by atoms with Gasteiger partial charge < -0.3 is 4.42 Å². The Morgan fingerprint density at radius 2 is 1.66 bits per heavy atom. The lowest BCUT2D eigenvalue weighted by Gasteiger charge is -2.68. The number of ketones is 2. The van der Waals surface area contributed by atoms with Crippen LogP contribution >= 0.6 is 0 Å². The molecule has 7 unspecified atom stereocenters. The second-order valence-corrected chi connectivity index (χ2v) is 16.5. The largest absolute Gasteiger partial charge is 0.424 e. The lowest BCUT2D eigenvalue weighted by atomic mass is 9.34. The Bertz CT molecular complexity index is 1440. The SMILES string of the molecule is CC(C)c1nnc(C23CCC(C)(C)CC2C2C(=O)C=C4C5(C)C=C(C#N)C(=O)C(C)(C)C5CCC4(C)C2(C)CC3)o1. The van der Waals surface area contributed by atoms with Crippen molar-refractivity contribution in [3.63, 3.8) is 0 Å². The Kier molecular flexibility index (Phi) is 5.93. The summed E-state index contributed by atoms with van der Waals surface area (Å²) in [7, 11) is 0. The molecule has 6 heteroatoms. The first kappa shape index (κ1) is 28.6. The first-order valence-electron chi connectivity index (χ1n) is 15.7. The van der Waals surface area contributed by atoms with Crippen LogP contribution in [0.2, 0.25) is 0 Å². The van der Waals surface area contributed by atoms with Crippen LogP contribution < -0.4 is 0 Å². The van der Waals surface area contributed by atoms with Gasteiger partial charge >= 0.3 is 0 Å². The van der Waals surface area contributed by atoms with Gasteiger partial charge in [-0.05, 0) is 79.1 Å². The van der Waals surface area contributed by atoms with Crippen molar-refractivity contribution in [1.82, 2.24) is 10.2 Å². The van der Waals surface area contributed by atoms with E-state index in [9.17, 15) is 14.9 Å². The van der Waals surface area contributed by atoms with E-state index in [0.717, 1.165) is 56.4 Å². The minimum atomic E-state index is -0.654. The van der Waals surface area contributed by atoms with Crippen LogP contribution in [0.15, 0.2) is 27.7 Å². The molecule has 220 valence electrons. The predicted octanol–water partition coefficient (Wildman–Crippen LogP) is 7.66. The van der Waals surface area contributed by atoms with E-state index in [2.05, 4.69) is 64.7 Å². The van der Waals surface area contributed by atoms with Gasteiger partial charge in [0.2, 0.25) is 11.8 Å². The highest BCUT2D eigenvalue weighted by molar-refractivity contribution is 6.04. The van der Waals surface area contributed by atoms with Crippen molar-refractivity contribution in [2.45, 2.75) is 119 Å². The normalized spacial score (nSPS) is 42.7. The Morgan fingerprint density at radius 3 is 2.29 bits per heavy atom. The third-order valence-corrected chi connectivity index (χ3v) is 13.2. The van der Waals surface area contributed by atoms with Gasteiger partial charge in [-0.25, -0.2) is 0 Å². The standard InChI is InChI=1S/C35H47N3O3/c1-20(2)28-37-38-29(41-28)35-14-12-30(3,4)18-22(35)26-23(39)16-25-32(7)17-21(19-36)27(40)31(5,6)24(32)10-11-33(25,8)34(26,9)13-15-35/h16-17,20,22,24,26H,10-15,18H2,1-9H3. The number of hydrogen-bond acceptors (Lipinski definition) is 6. The average Bonchev–Trinajstić information content (AvgIpc) is 3.39. The minimum Gasteiger partial charge on any atom is -0.424 e. The molecule has 6 nitrogen and oxygen atoms in total. The second kappa shape index (κ2) is 8.51. The van der Waals surface area contributed by atoms with Gasteiger partial charge in [0, 0.05) is 22.7 Å². The lowest BCUT2D eigenvalue weighted by Crippen LogP contribution is -2.65. The number of allylic oxidation sites excluding steroid dienone is 4. The summed E-state index contributed by atoms with van der Waals surface area (Å²) >= 11 is 0. The Balaban J connectivity index is 1.52. The van der Waals surface area contributed by atoms with Crippen LogP contribution in [0.3, 0.4) is 0 Å². The summed E-state index contributed by atoms with van der Waals surface area (Å²) in [6.07, 6.45) is 10.6. The molecule has 1 aromatic heterocycles. The smallest absolute Gasteiger partial charge is 0.222 e. The number of nitrogens with zero attached hydrogens (tertiary/aromatic N) is 3. The van der Waals surface area contributed by atoms with Crippen LogP contribution in [-0.4, -0.2) is 21.8 Å². The Morgan fingerprint density at radius 1 is 0.976 bits per heavy atom. The third-order valence-electron chi connectivity index (χ3n) is 13.2. The fourth-order valence-corrected chi connectivity index (χ4v) is 10.7. The number of hydrogen-bond donors (Lipinski definition) is 0. The van der Waals surface area contributed by atoms with Gasteiger partial charge in [0.05, 0.1) is 11.0 Å². The summed E-state index contributed by atoms with van der Waals surface area (Å²) in [6.45, 7) is 19.8. The Labute approximate surface area is 245 Å². The summed E-state index contributed by atoms with van der Waals surface area (Å²) in [5, 5.41) is 19.1. The molecule has 0 radical (unpaired) electrons. The summed E-state index contributed by atoms with van der Waals surface area (Å²) in [5.74, 6) is 1.75. The zero-order chi connectivity index (χ0) is 30.0. The third kappa shape index (κ3) is 3.53. The maximum absolute atomic E-state index is 14.7. The highest BCUT2D eigenvalue weighted by Crippen LogP contribution is 2.74. The molecule has 0 amide bonds. The quantitative estimate of drug-likeness (QED) is 0.370. The molecule has 1 aromatic rings. The van der Waals surface area contributed by atoms with E-state index in [1.165, 1.54) is 0 Å². The molecule has 0 aromatic carbocycles. The highest BCUT2D eigenvalue weighted by Gasteiger charge is 2.70. The molecule has 0 bridgehead atoms. The van der Waals surface area contributed by atoms with E-state index >= 15 is 0 Å². The zero-order valence-corrected chi connectivity index (χ0v) is 26.5. The minimum absolute atomic E-state index is 0.0519. The monoisotopic (exact) mass is 557 g/mol. The molecule has 41 heavy (non-hydrogen) atoms. The van der Waals surface area contributed by atoms with Gasteiger partial charge in [0.15, 0.2) is 11.6 Å². The van der Waals surface area contributed by atoms with Gasteiger partial charge in [-0.1, -0.05) is 74.0 Å². The number of carbonyl (C=O) groups excluding carboxylic acids is 2. The molecule has 0 spiro atoms. The first-order valence-corrected chi connectivity index (χ1v) is 15.7. The predicted molar refractivity (Wildman–Crippen MR) is 157 cm³/mol. The number of rotatable bonds is 2. The van der Waals surface area contributed by atoms with Gasteiger partial charge in [-0.15, -0.1) is 10.2 Å². The van der Waals surface area contributed by atoms with Crippen molar-refractivity contribution >= 4 is 11.6 Å². The second-order valence-electron chi connectivity index (χ2n) is 16.5. The van der Waals surface area contributed by atoms with Crippen LogP contribution in [0.4, 0.5) is 0 Å². The van der Waals surface area contributed by atoms with E-state index in [-0.39, 0.29) is 62.5 Å². The molecule has 0 aliphatic heterocycles. The highest BCUT2D eigenvalue weighted by atomic mass is 16.4. The number of Topliss-reactive ketones (excluding diaryl/α,β-unsaturated/α-hetero) is 1. The van der Waals surface area contributed by atoms with Gasteiger partial charge in [0.25, 0.3) is 0 Å². The average molecular weight is 558 g/mol. The number of fused-ring (bicyclic) bond motifs is 7. The molecule has 0 N–H and O–H groups in total. The van der Waals surface area contributed by atoms with Crippen LogP contribution in [0.1, 0.15) is 125 Å². The molecule has 3 fully saturated rings. The maximum Gasteiger partial charge on any atom is 0.222 e. The van der Waals surface area contributed by atoms with Gasteiger partial charge in [-0.2, -0.15) is 5.26 Å². The topological polar surface area (TPSA) is 96.9 Å². The van der Waals surface area contributed by atoms with Crippen molar-refractivity contribution in [3.05, 3.63) is 35.1 Å². The van der Waals surface area contributed by atoms with Crippen LogP contribution in [0.5, 0.6) is 0 Å².